The van der Waals surface area contributed by atoms with Gasteiger partial charge in [0.15, 0.2) is 0 Å². The lowest BCUT2D eigenvalue weighted by molar-refractivity contribution is 0.775. The molecular formula is C19H16BrN. The first kappa shape index (κ1) is 12.9. The fourth-order valence-electron chi connectivity index (χ4n) is 3.27. The molecule has 0 heterocycles. The van der Waals surface area contributed by atoms with Crippen molar-refractivity contribution in [3.63, 3.8) is 0 Å². The minimum atomic E-state index is 0.493. The van der Waals surface area contributed by atoms with Crippen LogP contribution < -0.4 is 5.32 Å². The first-order chi connectivity index (χ1) is 10.3. The van der Waals surface area contributed by atoms with Gasteiger partial charge in [0.25, 0.3) is 0 Å². The zero-order valence-electron chi connectivity index (χ0n) is 11.6. The van der Waals surface area contributed by atoms with E-state index in [9.17, 15) is 0 Å². The average Bonchev–Trinajstić information content (AvgIpc) is 2.93. The van der Waals surface area contributed by atoms with Gasteiger partial charge in [-0.25, -0.2) is 0 Å². The molecule has 1 aliphatic rings. The molecule has 0 saturated heterocycles. The van der Waals surface area contributed by atoms with Crippen LogP contribution in [0.4, 0.5) is 5.69 Å². The molecule has 0 unspecified atom stereocenters. The summed E-state index contributed by atoms with van der Waals surface area (Å²) in [6, 6.07) is 22.1. The van der Waals surface area contributed by atoms with Gasteiger partial charge in [0, 0.05) is 21.6 Å². The monoisotopic (exact) mass is 337 g/mol. The van der Waals surface area contributed by atoms with Crippen LogP contribution in [-0.4, -0.2) is 6.04 Å². The number of halogens is 1. The van der Waals surface area contributed by atoms with E-state index in [2.05, 4.69) is 81.9 Å². The molecule has 0 fully saturated rings. The summed E-state index contributed by atoms with van der Waals surface area (Å²) in [4.78, 5) is 0. The fourth-order valence-corrected chi connectivity index (χ4v) is 3.75. The van der Waals surface area contributed by atoms with Gasteiger partial charge in [-0.3, -0.25) is 0 Å². The van der Waals surface area contributed by atoms with Crippen LogP contribution in [0.5, 0.6) is 0 Å². The van der Waals surface area contributed by atoms with Crippen molar-refractivity contribution >= 4 is 32.4 Å². The third-order valence-corrected chi connectivity index (χ3v) is 4.97. The van der Waals surface area contributed by atoms with Gasteiger partial charge in [-0.15, -0.1) is 0 Å². The predicted molar refractivity (Wildman–Crippen MR) is 92.9 cm³/mol. The van der Waals surface area contributed by atoms with E-state index in [4.69, 9.17) is 0 Å². The van der Waals surface area contributed by atoms with Crippen molar-refractivity contribution in [1.82, 2.24) is 0 Å². The lowest BCUT2D eigenvalue weighted by Crippen LogP contribution is -2.19. The summed E-state index contributed by atoms with van der Waals surface area (Å²) in [5, 5.41) is 6.28. The van der Waals surface area contributed by atoms with Crippen LogP contribution in [0.25, 0.3) is 10.8 Å². The molecule has 4 rings (SSSR count). The highest BCUT2D eigenvalue weighted by atomic mass is 79.9. The van der Waals surface area contributed by atoms with Crippen LogP contribution in [0.15, 0.2) is 65.1 Å². The molecule has 1 nitrogen and oxygen atoms in total. The summed E-state index contributed by atoms with van der Waals surface area (Å²) >= 11 is 3.64. The topological polar surface area (TPSA) is 12.0 Å². The number of hydrogen-bond donors (Lipinski definition) is 1. The third-order valence-electron chi connectivity index (χ3n) is 4.28. The largest absolute Gasteiger partial charge is 0.381 e. The molecule has 0 atom stereocenters. The van der Waals surface area contributed by atoms with Crippen molar-refractivity contribution in [2.75, 3.05) is 5.32 Å². The van der Waals surface area contributed by atoms with Crippen molar-refractivity contribution in [3.8, 4) is 0 Å². The van der Waals surface area contributed by atoms with E-state index < -0.39 is 0 Å². The summed E-state index contributed by atoms with van der Waals surface area (Å²) < 4.78 is 1.15. The SMILES string of the molecule is Brc1ccc(NC2Cc3ccccc3C2)c2ccccc12. The van der Waals surface area contributed by atoms with Gasteiger partial charge in [0.1, 0.15) is 0 Å². The summed E-state index contributed by atoms with van der Waals surface area (Å²) in [7, 11) is 0. The average molecular weight is 338 g/mol. The molecule has 1 aliphatic carbocycles. The predicted octanol–water partition coefficient (Wildman–Crippen LogP) is 5.18. The molecule has 0 bridgehead atoms. The van der Waals surface area contributed by atoms with Gasteiger partial charge in [0.2, 0.25) is 0 Å². The highest BCUT2D eigenvalue weighted by Crippen LogP contribution is 2.32. The highest BCUT2D eigenvalue weighted by Gasteiger charge is 2.21. The fraction of sp³-hybridized carbons (Fsp3) is 0.158. The van der Waals surface area contributed by atoms with Gasteiger partial charge >= 0.3 is 0 Å². The van der Waals surface area contributed by atoms with Crippen LogP contribution in [-0.2, 0) is 12.8 Å². The first-order valence-corrected chi connectivity index (χ1v) is 8.11. The van der Waals surface area contributed by atoms with Crippen LogP contribution in [0.2, 0.25) is 0 Å². The zero-order valence-corrected chi connectivity index (χ0v) is 13.2. The lowest BCUT2D eigenvalue weighted by Gasteiger charge is -2.16. The second kappa shape index (κ2) is 5.19. The van der Waals surface area contributed by atoms with E-state index in [0.29, 0.717) is 6.04 Å². The molecule has 1 N–H and O–H groups in total. The van der Waals surface area contributed by atoms with Gasteiger partial charge in [-0.1, -0.05) is 64.5 Å². The Kier molecular flexibility index (Phi) is 3.19. The smallest absolute Gasteiger partial charge is 0.0423 e. The molecule has 0 amide bonds. The molecule has 3 aromatic rings. The molecular weight excluding hydrogens is 322 g/mol. The third kappa shape index (κ3) is 2.34. The maximum atomic E-state index is 3.74. The van der Waals surface area contributed by atoms with E-state index >= 15 is 0 Å². The van der Waals surface area contributed by atoms with E-state index in [1.165, 1.54) is 27.6 Å². The standard InChI is InChI=1S/C19H16BrN/c20-18-9-10-19(17-8-4-3-7-16(17)18)21-15-11-13-5-1-2-6-14(13)12-15/h1-10,15,21H,11-12H2. The number of benzene rings is 3. The lowest BCUT2D eigenvalue weighted by atomic mass is 10.1. The molecule has 21 heavy (non-hydrogen) atoms. The minimum Gasteiger partial charge on any atom is -0.381 e. The Morgan fingerprint density at radius 2 is 1.38 bits per heavy atom. The van der Waals surface area contributed by atoms with Crippen molar-refractivity contribution < 1.29 is 0 Å². The Labute approximate surface area is 133 Å². The Morgan fingerprint density at radius 1 is 0.762 bits per heavy atom. The Bertz CT molecular complexity index is 785. The molecule has 2 heteroatoms. The molecule has 0 spiro atoms. The molecule has 0 radical (unpaired) electrons. The molecule has 3 aromatic carbocycles. The Morgan fingerprint density at radius 3 is 2.10 bits per heavy atom. The first-order valence-electron chi connectivity index (χ1n) is 7.32. The number of hydrogen-bond acceptors (Lipinski definition) is 1. The normalized spacial score (nSPS) is 14.3. The van der Waals surface area contributed by atoms with E-state index in [1.54, 1.807) is 0 Å². The Balaban J connectivity index is 1.66. The van der Waals surface area contributed by atoms with E-state index in [-0.39, 0.29) is 0 Å². The van der Waals surface area contributed by atoms with E-state index in [0.717, 1.165) is 17.3 Å². The van der Waals surface area contributed by atoms with Crippen molar-refractivity contribution in [1.29, 1.82) is 0 Å². The second-order valence-corrected chi connectivity index (χ2v) is 6.51. The van der Waals surface area contributed by atoms with E-state index in [1.807, 2.05) is 0 Å². The summed E-state index contributed by atoms with van der Waals surface area (Å²) in [6.45, 7) is 0. The molecule has 0 saturated carbocycles. The molecule has 104 valence electrons. The highest BCUT2D eigenvalue weighted by molar-refractivity contribution is 9.10. The number of rotatable bonds is 2. The molecule has 0 aromatic heterocycles. The molecule has 0 aliphatic heterocycles. The van der Waals surface area contributed by atoms with Crippen LogP contribution >= 0.6 is 15.9 Å². The Hall–Kier alpha value is -1.80. The van der Waals surface area contributed by atoms with Crippen molar-refractivity contribution in [3.05, 3.63) is 76.3 Å². The number of fused-ring (bicyclic) bond motifs is 2. The maximum Gasteiger partial charge on any atom is 0.0423 e. The number of anilines is 1. The van der Waals surface area contributed by atoms with Crippen LogP contribution in [0.1, 0.15) is 11.1 Å². The quantitative estimate of drug-likeness (QED) is 0.679. The summed E-state index contributed by atoms with van der Waals surface area (Å²) in [5.41, 5.74) is 4.19. The van der Waals surface area contributed by atoms with Crippen LogP contribution in [0, 0.1) is 0 Å². The van der Waals surface area contributed by atoms with Crippen molar-refractivity contribution in [2.45, 2.75) is 18.9 Å². The summed E-state index contributed by atoms with van der Waals surface area (Å²) in [6.07, 6.45) is 2.22. The minimum absolute atomic E-state index is 0.493. The zero-order chi connectivity index (χ0) is 14.2. The van der Waals surface area contributed by atoms with Crippen LogP contribution in [0.3, 0.4) is 0 Å². The van der Waals surface area contributed by atoms with Gasteiger partial charge in [0.05, 0.1) is 0 Å². The maximum absolute atomic E-state index is 3.74. The van der Waals surface area contributed by atoms with Crippen molar-refractivity contribution in [2.24, 2.45) is 0 Å². The summed E-state index contributed by atoms with van der Waals surface area (Å²) in [5.74, 6) is 0. The second-order valence-electron chi connectivity index (χ2n) is 5.66. The van der Waals surface area contributed by atoms with Gasteiger partial charge in [-0.2, -0.15) is 0 Å². The number of nitrogens with one attached hydrogen (secondary N) is 1. The van der Waals surface area contributed by atoms with Gasteiger partial charge in [-0.05, 0) is 41.5 Å². The van der Waals surface area contributed by atoms with Gasteiger partial charge < -0.3 is 5.32 Å².